The maximum Gasteiger partial charge on any atom is 0.387 e. The Hall–Kier alpha value is -2.68. The Morgan fingerprint density at radius 3 is 2.52 bits per heavy atom. The van der Waals surface area contributed by atoms with Gasteiger partial charge in [0.1, 0.15) is 0 Å². The van der Waals surface area contributed by atoms with E-state index in [1.807, 2.05) is 0 Å². The lowest BCUT2D eigenvalue weighted by Gasteiger charge is -2.11. The number of oxime groups is 1. The van der Waals surface area contributed by atoms with Crippen molar-refractivity contribution < 1.29 is 27.9 Å². The second-order valence-corrected chi connectivity index (χ2v) is 6.18. The van der Waals surface area contributed by atoms with Crippen LogP contribution in [-0.2, 0) is 9.63 Å². The molecule has 6 nitrogen and oxygen atoms in total. The molecule has 0 aliphatic heterocycles. The predicted octanol–water partition coefficient (Wildman–Crippen LogP) is 4.44. The van der Waals surface area contributed by atoms with E-state index in [-0.39, 0.29) is 17.4 Å². The Morgan fingerprint density at radius 1 is 1.19 bits per heavy atom. The molecule has 1 unspecified atom stereocenters. The topological polar surface area (TPSA) is 69.2 Å². The third-order valence-corrected chi connectivity index (χ3v) is 3.83. The molecule has 0 aliphatic carbocycles. The Morgan fingerprint density at radius 2 is 1.89 bits per heavy atom. The molecule has 1 atom stereocenters. The van der Waals surface area contributed by atoms with E-state index < -0.39 is 12.7 Å². The first-order chi connectivity index (χ1) is 12.9. The van der Waals surface area contributed by atoms with Crippen molar-refractivity contribution in [2.24, 2.45) is 5.16 Å². The van der Waals surface area contributed by atoms with Gasteiger partial charge in [-0.25, -0.2) is 0 Å². The molecule has 27 heavy (non-hydrogen) atoms. The molecule has 2 aromatic rings. The Kier molecular flexibility index (Phi) is 7.54. The SMILES string of the molecule is COc1cc(/C=N/OC(C)C(=O)Nc2ccc(Br)cc2)ccc1OC(F)F. The van der Waals surface area contributed by atoms with Gasteiger partial charge in [-0.05, 0) is 49.4 Å². The summed E-state index contributed by atoms with van der Waals surface area (Å²) in [6.07, 6.45) is 0.492. The van der Waals surface area contributed by atoms with Gasteiger partial charge in [0.25, 0.3) is 5.91 Å². The summed E-state index contributed by atoms with van der Waals surface area (Å²) in [5, 5.41) is 6.44. The van der Waals surface area contributed by atoms with Gasteiger partial charge in [-0.2, -0.15) is 8.78 Å². The van der Waals surface area contributed by atoms with Crippen molar-refractivity contribution in [1.82, 2.24) is 0 Å². The van der Waals surface area contributed by atoms with Crippen molar-refractivity contribution in [2.45, 2.75) is 19.6 Å². The summed E-state index contributed by atoms with van der Waals surface area (Å²) >= 11 is 3.31. The Balaban J connectivity index is 1.93. The van der Waals surface area contributed by atoms with E-state index in [4.69, 9.17) is 9.57 Å². The van der Waals surface area contributed by atoms with E-state index in [1.54, 1.807) is 31.2 Å². The molecule has 0 aliphatic rings. The molecule has 1 amide bonds. The number of alkyl halides is 2. The summed E-state index contributed by atoms with van der Waals surface area (Å²) in [7, 11) is 1.33. The molecule has 1 N–H and O–H groups in total. The normalized spacial score (nSPS) is 12.1. The second-order valence-electron chi connectivity index (χ2n) is 5.27. The average Bonchev–Trinajstić information content (AvgIpc) is 2.64. The van der Waals surface area contributed by atoms with Crippen LogP contribution in [0.3, 0.4) is 0 Å². The number of halogens is 3. The first-order valence-electron chi connectivity index (χ1n) is 7.77. The first kappa shape index (κ1) is 20.6. The highest BCUT2D eigenvalue weighted by Gasteiger charge is 2.14. The fraction of sp³-hybridized carbons (Fsp3) is 0.222. The highest BCUT2D eigenvalue weighted by atomic mass is 79.9. The fourth-order valence-electron chi connectivity index (χ4n) is 1.97. The molecule has 0 saturated carbocycles. The summed E-state index contributed by atoms with van der Waals surface area (Å²) in [4.78, 5) is 17.2. The molecule has 144 valence electrons. The smallest absolute Gasteiger partial charge is 0.387 e. The molecule has 2 aromatic carbocycles. The number of carbonyl (C=O) groups is 1. The maximum atomic E-state index is 12.3. The van der Waals surface area contributed by atoms with Crippen LogP contribution in [0.4, 0.5) is 14.5 Å². The molecular formula is C18H17BrF2N2O4. The molecule has 0 spiro atoms. The zero-order valence-corrected chi connectivity index (χ0v) is 16.1. The number of methoxy groups -OCH3 is 1. The van der Waals surface area contributed by atoms with Crippen LogP contribution in [0, 0.1) is 0 Å². The van der Waals surface area contributed by atoms with Gasteiger partial charge < -0.3 is 19.6 Å². The van der Waals surface area contributed by atoms with Crippen molar-refractivity contribution >= 4 is 33.7 Å². The van der Waals surface area contributed by atoms with Gasteiger partial charge in [0, 0.05) is 15.7 Å². The van der Waals surface area contributed by atoms with Gasteiger partial charge >= 0.3 is 6.61 Å². The summed E-state index contributed by atoms with van der Waals surface area (Å²) in [5.74, 6) is -0.333. The van der Waals surface area contributed by atoms with Crippen LogP contribution in [0.5, 0.6) is 11.5 Å². The lowest BCUT2D eigenvalue weighted by molar-refractivity contribution is -0.126. The van der Waals surface area contributed by atoms with Crippen molar-refractivity contribution in [3.8, 4) is 11.5 Å². The molecule has 2 rings (SSSR count). The number of nitrogens with zero attached hydrogens (tertiary/aromatic N) is 1. The highest BCUT2D eigenvalue weighted by molar-refractivity contribution is 9.10. The third kappa shape index (κ3) is 6.52. The number of nitrogens with one attached hydrogen (secondary N) is 1. The van der Waals surface area contributed by atoms with E-state index >= 15 is 0 Å². The number of amides is 1. The van der Waals surface area contributed by atoms with E-state index in [0.29, 0.717) is 11.3 Å². The minimum atomic E-state index is -2.95. The Bertz CT molecular complexity index is 800. The van der Waals surface area contributed by atoms with Gasteiger partial charge in [-0.15, -0.1) is 0 Å². The molecule has 9 heteroatoms. The van der Waals surface area contributed by atoms with Gasteiger partial charge in [0.05, 0.1) is 13.3 Å². The zero-order chi connectivity index (χ0) is 19.8. The number of benzene rings is 2. The average molecular weight is 443 g/mol. The number of anilines is 1. The Labute approximate surface area is 163 Å². The summed E-state index contributed by atoms with van der Waals surface area (Å²) in [6, 6.07) is 11.4. The molecule has 0 heterocycles. The van der Waals surface area contributed by atoms with E-state index in [0.717, 1.165) is 4.47 Å². The standard InChI is InChI=1S/C18H17BrF2N2O4/c1-11(17(24)23-14-6-4-13(19)5-7-14)27-22-10-12-3-8-15(26-18(20)21)16(9-12)25-2/h3-11,18H,1-2H3,(H,23,24)/b22-10+. The number of carbonyl (C=O) groups excluding carboxylic acids is 1. The van der Waals surface area contributed by atoms with Crippen LogP contribution >= 0.6 is 15.9 Å². The minimum absolute atomic E-state index is 0.0900. The molecule has 0 radical (unpaired) electrons. The molecule has 0 bridgehead atoms. The zero-order valence-electron chi connectivity index (χ0n) is 14.5. The fourth-order valence-corrected chi connectivity index (χ4v) is 2.23. The largest absolute Gasteiger partial charge is 0.493 e. The summed E-state index contributed by atoms with van der Waals surface area (Å²) in [6.45, 7) is -1.40. The number of ether oxygens (including phenoxy) is 2. The van der Waals surface area contributed by atoms with Crippen molar-refractivity contribution in [3.63, 3.8) is 0 Å². The van der Waals surface area contributed by atoms with Crippen LogP contribution in [-0.4, -0.2) is 31.9 Å². The summed E-state index contributed by atoms with van der Waals surface area (Å²) < 4.78 is 34.9. The van der Waals surface area contributed by atoms with Gasteiger partial charge in [0.15, 0.2) is 11.5 Å². The van der Waals surface area contributed by atoms with Crippen molar-refractivity contribution in [1.29, 1.82) is 0 Å². The van der Waals surface area contributed by atoms with Gasteiger partial charge in [-0.3, -0.25) is 4.79 Å². The molecular weight excluding hydrogens is 426 g/mol. The van der Waals surface area contributed by atoms with Gasteiger partial charge in [0.2, 0.25) is 6.10 Å². The quantitative estimate of drug-likeness (QED) is 0.484. The van der Waals surface area contributed by atoms with Crippen LogP contribution < -0.4 is 14.8 Å². The van der Waals surface area contributed by atoms with E-state index in [2.05, 4.69) is 31.1 Å². The third-order valence-electron chi connectivity index (χ3n) is 3.31. The molecule has 0 saturated heterocycles. The minimum Gasteiger partial charge on any atom is -0.493 e. The van der Waals surface area contributed by atoms with Crippen LogP contribution in [0.25, 0.3) is 0 Å². The van der Waals surface area contributed by atoms with Crippen LogP contribution in [0.2, 0.25) is 0 Å². The van der Waals surface area contributed by atoms with Crippen LogP contribution in [0.15, 0.2) is 52.1 Å². The maximum absolute atomic E-state index is 12.3. The lowest BCUT2D eigenvalue weighted by Crippen LogP contribution is -2.26. The monoisotopic (exact) mass is 442 g/mol. The highest BCUT2D eigenvalue weighted by Crippen LogP contribution is 2.28. The second kappa shape index (κ2) is 9.86. The molecule has 0 fully saturated rings. The van der Waals surface area contributed by atoms with Crippen molar-refractivity contribution in [3.05, 3.63) is 52.5 Å². The van der Waals surface area contributed by atoms with E-state index in [9.17, 15) is 13.6 Å². The number of hydrogen-bond donors (Lipinski definition) is 1. The van der Waals surface area contributed by atoms with E-state index in [1.165, 1.54) is 31.5 Å². The van der Waals surface area contributed by atoms with Crippen LogP contribution in [0.1, 0.15) is 12.5 Å². The van der Waals surface area contributed by atoms with Crippen molar-refractivity contribution in [2.75, 3.05) is 12.4 Å². The summed E-state index contributed by atoms with van der Waals surface area (Å²) in [5.41, 5.74) is 1.15. The number of hydrogen-bond acceptors (Lipinski definition) is 5. The number of rotatable bonds is 8. The first-order valence-corrected chi connectivity index (χ1v) is 8.57. The van der Waals surface area contributed by atoms with Gasteiger partial charge in [-0.1, -0.05) is 21.1 Å². The predicted molar refractivity (Wildman–Crippen MR) is 101 cm³/mol. The molecule has 0 aromatic heterocycles. The lowest BCUT2D eigenvalue weighted by atomic mass is 10.2.